The Kier molecular flexibility index (Phi) is 3.40. The molecule has 5 atom stereocenters. The normalized spacial score (nSPS) is 42.9. The molecule has 1 unspecified atom stereocenters. The Morgan fingerprint density at radius 3 is 2.83 bits per heavy atom. The molecule has 2 fully saturated rings. The van der Waals surface area contributed by atoms with Crippen molar-refractivity contribution in [3.05, 3.63) is 34.9 Å². The SMILES string of the molecule is CN[C@H]1C[C@@]2(O)[C@H]3Cc4ccc(C)cc4[C@@]2(CCN3C)CC1O. The number of aryl methyl sites for hydroxylation is 1. The summed E-state index contributed by atoms with van der Waals surface area (Å²) in [5, 5.41) is 25.8. The van der Waals surface area contributed by atoms with E-state index in [1.807, 2.05) is 7.05 Å². The number of fused-ring (bicyclic) bond motifs is 1. The van der Waals surface area contributed by atoms with Crippen LogP contribution in [0.25, 0.3) is 0 Å². The second kappa shape index (κ2) is 5.03. The summed E-state index contributed by atoms with van der Waals surface area (Å²) < 4.78 is 0. The van der Waals surface area contributed by atoms with Gasteiger partial charge in [-0.1, -0.05) is 23.8 Å². The summed E-state index contributed by atoms with van der Waals surface area (Å²) in [6.07, 6.45) is 2.68. The summed E-state index contributed by atoms with van der Waals surface area (Å²) in [6, 6.07) is 6.76. The molecule has 1 saturated heterocycles. The smallest absolute Gasteiger partial charge is 0.0918 e. The number of nitrogens with zero attached hydrogens (tertiary/aromatic N) is 1. The molecule has 0 amide bonds. The highest BCUT2D eigenvalue weighted by Gasteiger charge is 2.65. The van der Waals surface area contributed by atoms with Gasteiger partial charge in [0.1, 0.15) is 0 Å². The van der Waals surface area contributed by atoms with Crippen molar-refractivity contribution in [2.75, 3.05) is 20.6 Å². The molecule has 1 aromatic carbocycles. The number of aliphatic hydroxyl groups excluding tert-OH is 1. The fourth-order valence-electron chi connectivity index (χ4n) is 5.62. The van der Waals surface area contributed by atoms with Crippen LogP contribution in [-0.2, 0) is 11.8 Å². The Balaban J connectivity index is 1.92. The van der Waals surface area contributed by atoms with Crippen LogP contribution < -0.4 is 5.32 Å². The third-order valence-electron chi connectivity index (χ3n) is 6.92. The lowest BCUT2D eigenvalue weighted by molar-refractivity contribution is -0.184. The van der Waals surface area contributed by atoms with Crippen LogP contribution in [0.15, 0.2) is 18.2 Å². The van der Waals surface area contributed by atoms with Crippen LogP contribution in [-0.4, -0.2) is 59.5 Å². The van der Waals surface area contributed by atoms with Gasteiger partial charge < -0.3 is 20.4 Å². The lowest BCUT2D eigenvalue weighted by Gasteiger charge is -2.65. The standard InChI is InChI=1S/C19H28N2O2/c1-12-4-5-13-9-17-19(23)10-15(20-2)16(22)11-18(19,14(13)8-12)6-7-21(17)3/h4-5,8,15-17,20,22-23H,6-7,9-11H2,1-3H3/t15-,16?,17+,18+,19+/m0/s1. The van der Waals surface area contributed by atoms with Crippen LogP contribution in [0.1, 0.15) is 36.0 Å². The van der Waals surface area contributed by atoms with Crippen LogP contribution >= 0.6 is 0 Å². The molecule has 126 valence electrons. The van der Waals surface area contributed by atoms with Gasteiger partial charge in [-0.25, -0.2) is 0 Å². The maximum absolute atomic E-state index is 11.9. The third kappa shape index (κ3) is 1.92. The van der Waals surface area contributed by atoms with Gasteiger partial charge in [0.15, 0.2) is 0 Å². The van der Waals surface area contributed by atoms with Crippen molar-refractivity contribution in [1.82, 2.24) is 10.2 Å². The van der Waals surface area contributed by atoms with Gasteiger partial charge in [0.05, 0.1) is 11.7 Å². The number of likely N-dealkylation sites (tertiary alicyclic amines) is 1. The number of nitrogens with one attached hydrogen (secondary N) is 1. The third-order valence-corrected chi connectivity index (χ3v) is 6.92. The molecule has 2 bridgehead atoms. The first-order chi connectivity index (χ1) is 10.9. The number of hydrogen-bond donors (Lipinski definition) is 3. The molecule has 1 heterocycles. The lowest BCUT2D eigenvalue weighted by Crippen LogP contribution is -2.75. The van der Waals surface area contributed by atoms with Gasteiger partial charge in [0.25, 0.3) is 0 Å². The Morgan fingerprint density at radius 1 is 1.30 bits per heavy atom. The molecule has 2 aliphatic carbocycles. The van der Waals surface area contributed by atoms with E-state index < -0.39 is 11.7 Å². The highest BCUT2D eigenvalue weighted by molar-refractivity contribution is 5.47. The molecule has 3 aliphatic rings. The van der Waals surface area contributed by atoms with Gasteiger partial charge in [-0.3, -0.25) is 0 Å². The maximum atomic E-state index is 11.9. The van der Waals surface area contributed by atoms with Crippen LogP contribution in [0.3, 0.4) is 0 Å². The van der Waals surface area contributed by atoms with Gasteiger partial charge in [0.2, 0.25) is 0 Å². The largest absolute Gasteiger partial charge is 0.391 e. The molecule has 1 saturated carbocycles. The van der Waals surface area contributed by atoms with E-state index in [-0.39, 0.29) is 17.5 Å². The topological polar surface area (TPSA) is 55.7 Å². The average Bonchev–Trinajstić information content (AvgIpc) is 2.52. The molecule has 0 radical (unpaired) electrons. The summed E-state index contributed by atoms with van der Waals surface area (Å²) in [6.45, 7) is 3.10. The molecule has 3 N–H and O–H groups in total. The number of rotatable bonds is 1. The van der Waals surface area contributed by atoms with E-state index in [2.05, 4.69) is 42.4 Å². The van der Waals surface area contributed by atoms with Crippen molar-refractivity contribution in [1.29, 1.82) is 0 Å². The molecule has 23 heavy (non-hydrogen) atoms. The monoisotopic (exact) mass is 316 g/mol. The Bertz CT molecular complexity index is 634. The Labute approximate surface area is 138 Å². The van der Waals surface area contributed by atoms with Crippen LogP contribution in [0.2, 0.25) is 0 Å². The first kappa shape index (κ1) is 15.6. The van der Waals surface area contributed by atoms with E-state index in [1.165, 1.54) is 16.7 Å². The zero-order valence-electron chi connectivity index (χ0n) is 14.3. The minimum absolute atomic E-state index is 0.0338. The van der Waals surface area contributed by atoms with Crippen LogP contribution in [0.5, 0.6) is 0 Å². The predicted octanol–water partition coefficient (Wildman–Crippen LogP) is 0.967. The maximum Gasteiger partial charge on any atom is 0.0918 e. The number of aliphatic hydroxyl groups is 2. The molecule has 1 aromatic rings. The average molecular weight is 316 g/mol. The summed E-state index contributed by atoms with van der Waals surface area (Å²) in [4.78, 5) is 2.32. The van der Waals surface area contributed by atoms with E-state index in [0.717, 1.165) is 19.4 Å². The predicted molar refractivity (Wildman–Crippen MR) is 90.6 cm³/mol. The second-order valence-corrected chi connectivity index (χ2v) is 7.99. The van der Waals surface area contributed by atoms with Crippen molar-refractivity contribution in [2.45, 2.75) is 61.8 Å². The van der Waals surface area contributed by atoms with E-state index in [4.69, 9.17) is 0 Å². The van der Waals surface area contributed by atoms with Crippen molar-refractivity contribution in [3.8, 4) is 0 Å². The number of benzene rings is 1. The van der Waals surface area contributed by atoms with E-state index >= 15 is 0 Å². The molecule has 4 heteroatoms. The van der Waals surface area contributed by atoms with E-state index in [1.54, 1.807) is 0 Å². The molecular weight excluding hydrogens is 288 g/mol. The summed E-state index contributed by atoms with van der Waals surface area (Å²) >= 11 is 0. The van der Waals surface area contributed by atoms with E-state index in [9.17, 15) is 10.2 Å². The number of piperidine rings is 1. The highest BCUT2D eigenvalue weighted by atomic mass is 16.3. The van der Waals surface area contributed by atoms with Gasteiger partial charge in [-0.05, 0) is 64.4 Å². The minimum Gasteiger partial charge on any atom is -0.391 e. The van der Waals surface area contributed by atoms with Crippen LogP contribution in [0, 0.1) is 6.92 Å². The molecule has 0 spiro atoms. The van der Waals surface area contributed by atoms with Gasteiger partial charge in [-0.15, -0.1) is 0 Å². The minimum atomic E-state index is -0.770. The van der Waals surface area contributed by atoms with Crippen molar-refractivity contribution in [2.24, 2.45) is 0 Å². The molecule has 4 rings (SSSR count). The highest BCUT2D eigenvalue weighted by Crippen LogP contribution is 2.57. The molecule has 1 aliphatic heterocycles. The first-order valence-corrected chi connectivity index (χ1v) is 8.79. The van der Waals surface area contributed by atoms with Crippen LogP contribution in [0.4, 0.5) is 0 Å². The Hall–Kier alpha value is -0.940. The summed E-state index contributed by atoms with van der Waals surface area (Å²) in [5.41, 5.74) is 2.80. The van der Waals surface area contributed by atoms with Gasteiger partial charge in [-0.2, -0.15) is 0 Å². The fraction of sp³-hybridized carbons (Fsp3) is 0.684. The molecular formula is C19H28N2O2. The fourth-order valence-corrected chi connectivity index (χ4v) is 5.62. The summed E-state index contributed by atoms with van der Waals surface area (Å²) in [5.74, 6) is 0. The number of hydrogen-bond acceptors (Lipinski definition) is 4. The first-order valence-electron chi connectivity index (χ1n) is 8.79. The molecule has 0 aromatic heterocycles. The zero-order chi connectivity index (χ0) is 16.4. The van der Waals surface area contributed by atoms with E-state index in [0.29, 0.717) is 12.8 Å². The quantitative estimate of drug-likeness (QED) is 0.723. The van der Waals surface area contributed by atoms with Crippen molar-refractivity contribution >= 4 is 0 Å². The van der Waals surface area contributed by atoms with Gasteiger partial charge >= 0.3 is 0 Å². The second-order valence-electron chi connectivity index (χ2n) is 7.99. The zero-order valence-corrected chi connectivity index (χ0v) is 14.3. The van der Waals surface area contributed by atoms with Crippen molar-refractivity contribution in [3.63, 3.8) is 0 Å². The van der Waals surface area contributed by atoms with Crippen molar-refractivity contribution < 1.29 is 10.2 Å². The molecule has 4 nitrogen and oxygen atoms in total. The Morgan fingerprint density at radius 2 is 2.09 bits per heavy atom. The lowest BCUT2D eigenvalue weighted by atomic mass is 9.48. The summed E-state index contributed by atoms with van der Waals surface area (Å²) in [7, 11) is 4.01. The number of likely N-dealkylation sites (N-methyl/N-ethyl adjacent to an activating group) is 2. The van der Waals surface area contributed by atoms with Gasteiger partial charge in [0, 0.05) is 17.5 Å².